The Balaban J connectivity index is 1.60. The minimum absolute atomic E-state index is 0.147. The number of methoxy groups -OCH3 is 1. The first-order chi connectivity index (χ1) is 13.6. The summed E-state index contributed by atoms with van der Waals surface area (Å²) in [6.45, 7) is 2.77. The van der Waals surface area contributed by atoms with Crippen LogP contribution in [0.15, 0.2) is 53.3 Å². The minimum atomic E-state index is -0.209. The highest BCUT2D eigenvalue weighted by molar-refractivity contribution is 5.94. The van der Waals surface area contributed by atoms with E-state index in [1.54, 1.807) is 37.4 Å². The van der Waals surface area contributed by atoms with Crippen LogP contribution in [0.3, 0.4) is 0 Å². The SMILES string of the molecule is CO[C@H]1COC[C@@H]1NC(=O)c1ccc(-n2nc(C)c3ccccc3c2=O)cc1. The van der Waals surface area contributed by atoms with Crippen LogP contribution < -0.4 is 10.9 Å². The van der Waals surface area contributed by atoms with Gasteiger partial charge in [0.15, 0.2) is 0 Å². The van der Waals surface area contributed by atoms with Crippen molar-refractivity contribution in [1.82, 2.24) is 15.1 Å². The number of amides is 1. The van der Waals surface area contributed by atoms with E-state index in [1.165, 1.54) is 4.68 Å². The first-order valence-corrected chi connectivity index (χ1v) is 9.09. The molecule has 2 aromatic carbocycles. The third-order valence-electron chi connectivity index (χ3n) is 5.01. The van der Waals surface area contributed by atoms with E-state index in [9.17, 15) is 9.59 Å². The van der Waals surface area contributed by atoms with Crippen molar-refractivity contribution in [1.29, 1.82) is 0 Å². The van der Waals surface area contributed by atoms with Gasteiger partial charge in [0.1, 0.15) is 6.10 Å². The molecule has 0 radical (unpaired) electrons. The highest BCUT2D eigenvalue weighted by atomic mass is 16.5. The number of nitrogens with zero attached hydrogens (tertiary/aromatic N) is 2. The number of fused-ring (bicyclic) bond motifs is 1. The molecular weight excluding hydrogens is 358 g/mol. The van der Waals surface area contributed by atoms with Crippen LogP contribution in [0.5, 0.6) is 0 Å². The second-order valence-corrected chi connectivity index (χ2v) is 6.79. The predicted molar refractivity (Wildman–Crippen MR) is 105 cm³/mol. The van der Waals surface area contributed by atoms with Gasteiger partial charge in [0.25, 0.3) is 11.5 Å². The van der Waals surface area contributed by atoms with Crippen molar-refractivity contribution < 1.29 is 14.3 Å². The molecule has 1 fully saturated rings. The molecular formula is C21H21N3O4. The van der Waals surface area contributed by atoms with Gasteiger partial charge in [0, 0.05) is 18.1 Å². The molecule has 1 amide bonds. The molecule has 0 bridgehead atoms. The number of ether oxygens (including phenoxy) is 2. The third kappa shape index (κ3) is 3.30. The summed E-state index contributed by atoms with van der Waals surface area (Å²) >= 11 is 0. The zero-order valence-corrected chi connectivity index (χ0v) is 15.7. The lowest BCUT2D eigenvalue weighted by Crippen LogP contribution is -2.43. The summed E-state index contributed by atoms with van der Waals surface area (Å²) in [6.07, 6.45) is -0.147. The lowest BCUT2D eigenvalue weighted by Gasteiger charge is -2.17. The molecule has 7 nitrogen and oxygen atoms in total. The molecule has 2 atom stereocenters. The van der Waals surface area contributed by atoms with E-state index in [2.05, 4.69) is 10.4 Å². The van der Waals surface area contributed by atoms with Crippen molar-refractivity contribution in [3.63, 3.8) is 0 Å². The Morgan fingerprint density at radius 3 is 2.57 bits per heavy atom. The Morgan fingerprint density at radius 1 is 1.14 bits per heavy atom. The summed E-state index contributed by atoms with van der Waals surface area (Å²) in [5.41, 5.74) is 1.68. The quantitative estimate of drug-likeness (QED) is 0.748. The summed E-state index contributed by atoms with van der Waals surface area (Å²) in [5.74, 6) is -0.209. The fourth-order valence-electron chi connectivity index (χ4n) is 3.43. The van der Waals surface area contributed by atoms with Crippen LogP contribution in [0.4, 0.5) is 0 Å². The molecule has 0 unspecified atom stereocenters. The summed E-state index contributed by atoms with van der Waals surface area (Å²) in [6, 6.07) is 14.0. The highest BCUT2D eigenvalue weighted by Crippen LogP contribution is 2.15. The van der Waals surface area contributed by atoms with Gasteiger partial charge in [-0.05, 0) is 37.3 Å². The zero-order valence-electron chi connectivity index (χ0n) is 15.7. The molecule has 0 aliphatic carbocycles. The molecule has 0 spiro atoms. The molecule has 0 saturated carbocycles. The average molecular weight is 379 g/mol. The summed E-state index contributed by atoms with van der Waals surface area (Å²) in [5, 5.41) is 8.80. The first kappa shape index (κ1) is 18.3. The topological polar surface area (TPSA) is 82.4 Å². The highest BCUT2D eigenvalue weighted by Gasteiger charge is 2.29. The molecule has 144 valence electrons. The fourth-order valence-corrected chi connectivity index (χ4v) is 3.43. The van der Waals surface area contributed by atoms with Crippen molar-refractivity contribution in [2.45, 2.75) is 19.1 Å². The number of hydrogen-bond acceptors (Lipinski definition) is 5. The van der Waals surface area contributed by atoms with Gasteiger partial charge in [-0.3, -0.25) is 9.59 Å². The lowest BCUT2D eigenvalue weighted by atomic mass is 10.1. The molecule has 1 saturated heterocycles. The number of aryl methyl sites for hydroxylation is 1. The second-order valence-electron chi connectivity index (χ2n) is 6.79. The van der Waals surface area contributed by atoms with Crippen molar-refractivity contribution in [2.75, 3.05) is 20.3 Å². The van der Waals surface area contributed by atoms with E-state index in [0.717, 1.165) is 11.1 Å². The van der Waals surface area contributed by atoms with Gasteiger partial charge >= 0.3 is 0 Å². The van der Waals surface area contributed by atoms with Gasteiger partial charge in [-0.25, -0.2) is 0 Å². The predicted octanol–water partition coefficient (Wildman–Crippen LogP) is 1.84. The van der Waals surface area contributed by atoms with Crippen molar-refractivity contribution in [3.05, 3.63) is 70.1 Å². The Morgan fingerprint density at radius 2 is 1.86 bits per heavy atom. The average Bonchev–Trinajstić information content (AvgIpc) is 3.18. The molecule has 1 aromatic heterocycles. The number of hydrogen-bond donors (Lipinski definition) is 1. The van der Waals surface area contributed by atoms with Gasteiger partial charge in [0.2, 0.25) is 0 Å². The van der Waals surface area contributed by atoms with Crippen molar-refractivity contribution in [2.24, 2.45) is 0 Å². The van der Waals surface area contributed by atoms with Crippen LogP contribution in [0.1, 0.15) is 16.1 Å². The van der Waals surface area contributed by atoms with E-state index in [-0.39, 0.29) is 23.6 Å². The number of rotatable bonds is 4. The summed E-state index contributed by atoms with van der Waals surface area (Å²) in [4.78, 5) is 25.3. The maximum absolute atomic E-state index is 12.8. The van der Waals surface area contributed by atoms with Gasteiger partial charge in [0.05, 0.1) is 36.0 Å². The smallest absolute Gasteiger partial charge is 0.279 e. The van der Waals surface area contributed by atoms with Crippen LogP contribution in [-0.2, 0) is 9.47 Å². The van der Waals surface area contributed by atoms with Crippen LogP contribution in [0, 0.1) is 6.92 Å². The van der Waals surface area contributed by atoms with Crippen molar-refractivity contribution in [3.8, 4) is 5.69 Å². The Kier molecular flexibility index (Phi) is 4.93. The minimum Gasteiger partial charge on any atom is -0.377 e. The lowest BCUT2D eigenvalue weighted by molar-refractivity contribution is 0.0685. The van der Waals surface area contributed by atoms with Crippen LogP contribution in [-0.4, -0.2) is 48.2 Å². The first-order valence-electron chi connectivity index (χ1n) is 9.09. The zero-order chi connectivity index (χ0) is 19.7. The largest absolute Gasteiger partial charge is 0.377 e. The van der Waals surface area contributed by atoms with E-state index < -0.39 is 0 Å². The Labute approximate surface area is 161 Å². The monoisotopic (exact) mass is 379 g/mol. The van der Waals surface area contributed by atoms with Crippen LogP contribution in [0.2, 0.25) is 0 Å². The van der Waals surface area contributed by atoms with Crippen LogP contribution >= 0.6 is 0 Å². The number of aromatic nitrogens is 2. The molecule has 2 heterocycles. The normalized spacial score (nSPS) is 19.1. The van der Waals surface area contributed by atoms with E-state index in [4.69, 9.17) is 9.47 Å². The molecule has 1 aliphatic heterocycles. The molecule has 1 N–H and O–H groups in total. The standard InChI is InChI=1S/C21H21N3O4/c1-13-16-5-3-4-6-17(16)21(26)24(23-13)15-9-7-14(8-10-15)20(25)22-18-11-28-12-19(18)27-2/h3-10,18-19H,11-12H2,1-2H3,(H,22,25)/t18-,19-/m0/s1. The second kappa shape index (κ2) is 7.53. The Hall–Kier alpha value is -3.03. The van der Waals surface area contributed by atoms with E-state index in [1.807, 2.05) is 25.1 Å². The van der Waals surface area contributed by atoms with Crippen molar-refractivity contribution >= 4 is 16.7 Å². The van der Waals surface area contributed by atoms with Gasteiger partial charge in [-0.15, -0.1) is 0 Å². The van der Waals surface area contributed by atoms with Gasteiger partial charge in [-0.1, -0.05) is 18.2 Å². The molecule has 7 heteroatoms. The van der Waals surface area contributed by atoms with E-state index >= 15 is 0 Å². The molecule has 28 heavy (non-hydrogen) atoms. The van der Waals surface area contributed by atoms with Gasteiger partial charge in [-0.2, -0.15) is 9.78 Å². The van der Waals surface area contributed by atoms with Crippen LogP contribution in [0.25, 0.3) is 16.5 Å². The fraction of sp³-hybridized carbons (Fsp3) is 0.286. The maximum atomic E-state index is 12.8. The maximum Gasteiger partial charge on any atom is 0.279 e. The number of benzene rings is 2. The number of carbonyl (C=O) groups is 1. The Bertz CT molecular complexity index is 1080. The third-order valence-corrected chi connectivity index (χ3v) is 5.01. The number of nitrogens with one attached hydrogen (secondary N) is 1. The van der Waals surface area contributed by atoms with Gasteiger partial charge < -0.3 is 14.8 Å². The van der Waals surface area contributed by atoms with E-state index in [0.29, 0.717) is 29.9 Å². The molecule has 1 aliphatic rings. The summed E-state index contributed by atoms with van der Waals surface area (Å²) in [7, 11) is 1.60. The molecule has 4 rings (SSSR count). The number of carbonyl (C=O) groups excluding carboxylic acids is 1. The summed E-state index contributed by atoms with van der Waals surface area (Å²) < 4.78 is 12.0. The molecule has 3 aromatic rings.